The summed E-state index contributed by atoms with van der Waals surface area (Å²) in [6.07, 6.45) is 12.2. The van der Waals surface area contributed by atoms with Crippen LogP contribution in [0.1, 0.15) is 43.2 Å². The fourth-order valence-electron chi connectivity index (χ4n) is 4.60. The van der Waals surface area contributed by atoms with E-state index < -0.39 is 0 Å². The van der Waals surface area contributed by atoms with E-state index in [2.05, 4.69) is 86.3 Å². The predicted octanol–water partition coefficient (Wildman–Crippen LogP) is 6.66. The second kappa shape index (κ2) is 7.42. The van der Waals surface area contributed by atoms with Gasteiger partial charge in [-0.05, 0) is 41.5 Å². The van der Waals surface area contributed by atoms with Gasteiger partial charge in [0.1, 0.15) is 0 Å². The Labute approximate surface area is 170 Å². The first-order valence-corrected chi connectivity index (χ1v) is 8.91. The van der Waals surface area contributed by atoms with Crippen molar-refractivity contribution in [3.8, 4) is 11.1 Å². The topological polar surface area (TPSA) is 0 Å². The summed E-state index contributed by atoms with van der Waals surface area (Å²) in [5.74, 6) is 0.427. The SMILES string of the molecule is C=CCCC(C)(C1=CC=CC1)C1c2ccccc2-c2ccccc21.[Zr]. The molecule has 1 heteroatoms. The third-order valence-corrected chi connectivity index (χ3v) is 5.84. The Balaban J connectivity index is 0.00000182. The number of allylic oxidation sites excluding steroid dienone is 5. The molecule has 0 aromatic heterocycles. The minimum atomic E-state index is 0. The Morgan fingerprint density at radius 2 is 1.64 bits per heavy atom. The molecule has 2 aliphatic carbocycles. The molecule has 124 valence electrons. The summed E-state index contributed by atoms with van der Waals surface area (Å²) in [6.45, 7) is 6.43. The maximum absolute atomic E-state index is 3.97. The molecule has 0 heterocycles. The van der Waals surface area contributed by atoms with Gasteiger partial charge in [0.05, 0.1) is 0 Å². The summed E-state index contributed by atoms with van der Waals surface area (Å²) < 4.78 is 0. The zero-order valence-corrected chi connectivity index (χ0v) is 17.3. The van der Waals surface area contributed by atoms with E-state index >= 15 is 0 Å². The average molecular weight is 404 g/mol. The molecule has 0 amide bonds. The molecule has 1 atom stereocenters. The molecule has 0 N–H and O–H groups in total. The van der Waals surface area contributed by atoms with Crippen molar-refractivity contribution in [1.29, 1.82) is 0 Å². The molecule has 0 bridgehead atoms. The first-order valence-electron chi connectivity index (χ1n) is 8.91. The van der Waals surface area contributed by atoms with Crippen LogP contribution in [0, 0.1) is 5.41 Å². The zero-order valence-electron chi connectivity index (χ0n) is 14.8. The smallest absolute Gasteiger partial charge is 0.0193 e. The monoisotopic (exact) mass is 402 g/mol. The van der Waals surface area contributed by atoms with Crippen LogP contribution in [-0.4, -0.2) is 0 Å². The van der Waals surface area contributed by atoms with Crippen molar-refractivity contribution in [2.45, 2.75) is 32.1 Å². The minimum Gasteiger partial charge on any atom is -0.103 e. The van der Waals surface area contributed by atoms with E-state index in [4.69, 9.17) is 0 Å². The van der Waals surface area contributed by atoms with E-state index in [1.165, 1.54) is 22.3 Å². The molecule has 25 heavy (non-hydrogen) atoms. The van der Waals surface area contributed by atoms with Gasteiger partial charge in [-0.25, -0.2) is 0 Å². The fourth-order valence-corrected chi connectivity index (χ4v) is 4.60. The standard InChI is InChI=1S/C24H24.Zr/c1-3-4-17-24(2,18-11-5-6-12-18)23-21-15-9-7-13-19(21)20-14-8-10-16-22(20)23;/h3,5-11,13-16,23H,1,4,12,17H2,2H3;. The Morgan fingerprint density at radius 1 is 1.04 bits per heavy atom. The second-order valence-electron chi connectivity index (χ2n) is 7.18. The van der Waals surface area contributed by atoms with Gasteiger partial charge in [-0.3, -0.25) is 0 Å². The van der Waals surface area contributed by atoms with Crippen molar-refractivity contribution < 1.29 is 26.2 Å². The van der Waals surface area contributed by atoms with Gasteiger partial charge in [-0.15, -0.1) is 6.58 Å². The Hall–Kier alpha value is -1.46. The molecule has 2 aromatic rings. The van der Waals surface area contributed by atoms with Crippen molar-refractivity contribution in [2.75, 3.05) is 0 Å². The molecular formula is C24H24Zr. The summed E-state index contributed by atoms with van der Waals surface area (Å²) in [4.78, 5) is 0. The third-order valence-electron chi connectivity index (χ3n) is 5.84. The number of hydrogen-bond donors (Lipinski definition) is 0. The Morgan fingerprint density at radius 3 is 2.16 bits per heavy atom. The van der Waals surface area contributed by atoms with Crippen molar-refractivity contribution in [3.05, 3.63) is 96.1 Å². The summed E-state index contributed by atoms with van der Waals surface area (Å²) in [5.41, 5.74) is 7.47. The molecular weight excluding hydrogens is 379 g/mol. The maximum atomic E-state index is 3.97. The fraction of sp³-hybridized carbons (Fsp3) is 0.250. The molecule has 0 spiro atoms. The molecule has 2 aliphatic rings. The molecule has 0 fully saturated rings. The van der Waals surface area contributed by atoms with Gasteiger partial charge in [-0.2, -0.15) is 0 Å². The average Bonchev–Trinajstić information content (AvgIpc) is 3.26. The summed E-state index contributed by atoms with van der Waals surface area (Å²) >= 11 is 0. The van der Waals surface area contributed by atoms with E-state index in [0.717, 1.165) is 19.3 Å². The first kappa shape index (κ1) is 18.3. The number of benzene rings is 2. The molecule has 4 rings (SSSR count). The summed E-state index contributed by atoms with van der Waals surface area (Å²) in [5, 5.41) is 0. The maximum Gasteiger partial charge on any atom is 0.0193 e. The zero-order chi connectivity index (χ0) is 16.6. The molecule has 0 nitrogen and oxygen atoms in total. The largest absolute Gasteiger partial charge is 0.103 e. The Bertz CT molecular complexity index is 797. The van der Waals surface area contributed by atoms with Gasteiger partial charge in [-0.1, -0.05) is 85.3 Å². The van der Waals surface area contributed by atoms with E-state index in [0.29, 0.717) is 5.92 Å². The van der Waals surface area contributed by atoms with Gasteiger partial charge >= 0.3 is 0 Å². The third kappa shape index (κ3) is 2.98. The van der Waals surface area contributed by atoms with Crippen molar-refractivity contribution in [3.63, 3.8) is 0 Å². The van der Waals surface area contributed by atoms with Crippen LogP contribution < -0.4 is 0 Å². The van der Waals surface area contributed by atoms with Gasteiger partial charge in [0.2, 0.25) is 0 Å². The van der Waals surface area contributed by atoms with Gasteiger partial charge < -0.3 is 0 Å². The van der Waals surface area contributed by atoms with Crippen LogP contribution in [0.3, 0.4) is 0 Å². The van der Waals surface area contributed by atoms with E-state index in [1.807, 2.05) is 0 Å². The summed E-state index contributed by atoms with van der Waals surface area (Å²) in [6, 6.07) is 17.9. The van der Waals surface area contributed by atoms with Gasteiger partial charge in [0, 0.05) is 37.5 Å². The summed E-state index contributed by atoms with van der Waals surface area (Å²) in [7, 11) is 0. The number of fused-ring (bicyclic) bond motifs is 3. The van der Waals surface area contributed by atoms with E-state index in [-0.39, 0.29) is 31.6 Å². The molecule has 0 aliphatic heterocycles. The number of rotatable bonds is 5. The van der Waals surface area contributed by atoms with Crippen LogP contribution in [0.25, 0.3) is 11.1 Å². The van der Waals surface area contributed by atoms with Crippen LogP contribution in [0.15, 0.2) is 85.0 Å². The first-order chi connectivity index (χ1) is 11.8. The molecule has 1 unspecified atom stereocenters. The van der Waals surface area contributed by atoms with Crippen molar-refractivity contribution >= 4 is 0 Å². The van der Waals surface area contributed by atoms with Crippen LogP contribution >= 0.6 is 0 Å². The molecule has 0 saturated carbocycles. The van der Waals surface area contributed by atoms with Gasteiger partial charge in [0.25, 0.3) is 0 Å². The Kier molecular flexibility index (Phi) is 5.44. The van der Waals surface area contributed by atoms with Crippen LogP contribution in [-0.2, 0) is 26.2 Å². The van der Waals surface area contributed by atoms with Crippen LogP contribution in [0.2, 0.25) is 0 Å². The van der Waals surface area contributed by atoms with Crippen LogP contribution in [0.5, 0.6) is 0 Å². The van der Waals surface area contributed by atoms with Crippen molar-refractivity contribution in [2.24, 2.45) is 5.41 Å². The van der Waals surface area contributed by atoms with E-state index in [1.54, 1.807) is 5.57 Å². The number of hydrogen-bond acceptors (Lipinski definition) is 0. The second-order valence-corrected chi connectivity index (χ2v) is 7.18. The van der Waals surface area contributed by atoms with Crippen molar-refractivity contribution in [1.82, 2.24) is 0 Å². The molecule has 2 aromatic carbocycles. The minimum absolute atomic E-state index is 0. The molecule has 0 saturated heterocycles. The predicted molar refractivity (Wildman–Crippen MR) is 103 cm³/mol. The van der Waals surface area contributed by atoms with Gasteiger partial charge in [0.15, 0.2) is 0 Å². The van der Waals surface area contributed by atoms with Crippen LogP contribution in [0.4, 0.5) is 0 Å². The normalized spacial score (nSPS) is 17.2. The van der Waals surface area contributed by atoms with E-state index in [9.17, 15) is 0 Å². The molecule has 0 radical (unpaired) electrons. The quantitative estimate of drug-likeness (QED) is 0.490.